The van der Waals surface area contributed by atoms with Gasteiger partial charge in [-0.1, -0.05) is 30.3 Å². The molecule has 39 heavy (non-hydrogen) atoms. The molecular formula is C26H30N6O7. The van der Waals surface area contributed by atoms with E-state index < -0.39 is 42.3 Å². The van der Waals surface area contributed by atoms with Crippen LogP contribution in [0, 0.1) is 0 Å². The molecule has 3 amide bonds. The minimum Gasteiger partial charge on any atom is -0.469 e. The summed E-state index contributed by atoms with van der Waals surface area (Å²) in [6, 6.07) is 11.3. The first kappa shape index (κ1) is 28.6. The van der Waals surface area contributed by atoms with E-state index in [-0.39, 0.29) is 31.4 Å². The van der Waals surface area contributed by atoms with Crippen LogP contribution in [0.5, 0.6) is 0 Å². The number of carbonyl (C=O) groups is 5. The standard InChI is InChI=1S/C26H30N6O7/c1-38-22(34)12-19(23(35)31-20(25(37)39-2)10-15-6-4-3-5-7-15)30-21(33)14-32-13-16-11-17(29-26(27)28)8-9-18(16)24(32)36/h3-9,11,19-20H,10,12-14H2,1-2H3,(H,30,33)(H,31,35)(H4,27,28,29)/t19-,20-/m0/s1. The van der Waals surface area contributed by atoms with Crippen LogP contribution in [0.1, 0.15) is 27.9 Å². The Hall–Kier alpha value is -4.94. The van der Waals surface area contributed by atoms with Crippen molar-refractivity contribution in [2.75, 3.05) is 20.8 Å². The summed E-state index contributed by atoms with van der Waals surface area (Å²) in [5, 5.41) is 5.01. The molecular weight excluding hydrogens is 508 g/mol. The van der Waals surface area contributed by atoms with E-state index in [1.807, 2.05) is 6.07 Å². The predicted octanol–water partition coefficient (Wildman–Crippen LogP) is -0.504. The molecule has 13 nitrogen and oxygen atoms in total. The number of carbonyl (C=O) groups excluding carboxylic acids is 5. The summed E-state index contributed by atoms with van der Waals surface area (Å²) in [6.07, 6.45) is -0.371. The maximum Gasteiger partial charge on any atom is 0.328 e. The van der Waals surface area contributed by atoms with Crippen LogP contribution in [0.2, 0.25) is 0 Å². The highest BCUT2D eigenvalue weighted by molar-refractivity contribution is 6.01. The fraction of sp³-hybridized carbons (Fsp3) is 0.308. The first-order chi connectivity index (χ1) is 18.6. The molecule has 0 aromatic heterocycles. The molecule has 0 radical (unpaired) electrons. The zero-order chi connectivity index (χ0) is 28.5. The lowest BCUT2D eigenvalue weighted by molar-refractivity contribution is -0.146. The first-order valence-electron chi connectivity index (χ1n) is 11.9. The largest absolute Gasteiger partial charge is 0.469 e. The minimum absolute atomic E-state index is 0.116. The SMILES string of the molecule is COC(=O)C[C@H](NC(=O)CN1Cc2cc(N=C(N)N)ccc2C1=O)C(=O)N[C@@H](Cc1ccccc1)C(=O)OC. The first-order valence-corrected chi connectivity index (χ1v) is 11.9. The van der Waals surface area contributed by atoms with Crippen molar-refractivity contribution in [2.24, 2.45) is 16.5 Å². The maximum atomic E-state index is 13.1. The predicted molar refractivity (Wildman–Crippen MR) is 139 cm³/mol. The van der Waals surface area contributed by atoms with Crippen LogP contribution in [0.3, 0.4) is 0 Å². The molecule has 13 heteroatoms. The van der Waals surface area contributed by atoms with Crippen molar-refractivity contribution in [1.29, 1.82) is 0 Å². The summed E-state index contributed by atoms with van der Waals surface area (Å²) in [6.45, 7) is -0.273. The average molecular weight is 539 g/mol. The van der Waals surface area contributed by atoms with Gasteiger partial charge in [0.15, 0.2) is 5.96 Å². The van der Waals surface area contributed by atoms with Crippen LogP contribution < -0.4 is 22.1 Å². The van der Waals surface area contributed by atoms with Gasteiger partial charge in [0.1, 0.15) is 18.6 Å². The molecule has 0 bridgehead atoms. The van der Waals surface area contributed by atoms with E-state index in [9.17, 15) is 24.0 Å². The summed E-state index contributed by atoms with van der Waals surface area (Å²) in [7, 11) is 2.33. The molecule has 2 atom stereocenters. The van der Waals surface area contributed by atoms with Crippen molar-refractivity contribution in [2.45, 2.75) is 31.5 Å². The number of ether oxygens (including phenoxy) is 2. The Balaban J connectivity index is 1.69. The normalized spacial score (nSPS) is 13.5. The molecule has 1 aliphatic heterocycles. The number of esters is 2. The van der Waals surface area contributed by atoms with Gasteiger partial charge in [0.25, 0.3) is 5.91 Å². The second-order valence-corrected chi connectivity index (χ2v) is 8.71. The van der Waals surface area contributed by atoms with E-state index in [1.54, 1.807) is 42.5 Å². The number of guanidine groups is 1. The highest BCUT2D eigenvalue weighted by atomic mass is 16.5. The second kappa shape index (κ2) is 13.0. The second-order valence-electron chi connectivity index (χ2n) is 8.71. The average Bonchev–Trinajstić information content (AvgIpc) is 3.21. The molecule has 0 saturated carbocycles. The fourth-order valence-electron chi connectivity index (χ4n) is 4.04. The lowest BCUT2D eigenvalue weighted by Crippen LogP contribution is -2.54. The third kappa shape index (κ3) is 7.77. The van der Waals surface area contributed by atoms with Gasteiger partial charge in [-0.3, -0.25) is 19.2 Å². The topological polar surface area (TPSA) is 196 Å². The fourth-order valence-corrected chi connectivity index (χ4v) is 4.04. The van der Waals surface area contributed by atoms with Gasteiger partial charge in [0, 0.05) is 18.5 Å². The van der Waals surface area contributed by atoms with Crippen LogP contribution in [0.25, 0.3) is 0 Å². The van der Waals surface area contributed by atoms with Crippen molar-refractivity contribution in [1.82, 2.24) is 15.5 Å². The molecule has 1 heterocycles. The zero-order valence-electron chi connectivity index (χ0n) is 21.5. The molecule has 0 spiro atoms. The highest BCUT2D eigenvalue weighted by Crippen LogP contribution is 2.26. The molecule has 6 N–H and O–H groups in total. The van der Waals surface area contributed by atoms with E-state index in [1.165, 1.54) is 12.0 Å². The van der Waals surface area contributed by atoms with Gasteiger partial charge in [0.2, 0.25) is 11.8 Å². The Morgan fingerprint density at radius 1 is 1.00 bits per heavy atom. The molecule has 0 saturated heterocycles. The van der Waals surface area contributed by atoms with E-state index in [0.717, 1.165) is 12.7 Å². The third-order valence-corrected chi connectivity index (χ3v) is 5.90. The number of fused-ring (bicyclic) bond motifs is 1. The van der Waals surface area contributed by atoms with Gasteiger partial charge in [-0.15, -0.1) is 0 Å². The summed E-state index contributed by atoms with van der Waals surface area (Å²) in [5.41, 5.74) is 13.0. The van der Waals surface area contributed by atoms with Crippen LogP contribution in [0.15, 0.2) is 53.5 Å². The quantitative estimate of drug-likeness (QED) is 0.166. The van der Waals surface area contributed by atoms with Gasteiger partial charge in [0.05, 0.1) is 26.3 Å². The summed E-state index contributed by atoms with van der Waals surface area (Å²) < 4.78 is 9.47. The van der Waals surface area contributed by atoms with Crippen LogP contribution in [-0.2, 0) is 41.6 Å². The number of hydrogen-bond donors (Lipinski definition) is 4. The summed E-state index contributed by atoms with van der Waals surface area (Å²) >= 11 is 0. The van der Waals surface area contributed by atoms with Gasteiger partial charge in [-0.2, -0.15) is 0 Å². The van der Waals surface area contributed by atoms with Crippen LogP contribution in [0.4, 0.5) is 5.69 Å². The highest BCUT2D eigenvalue weighted by Gasteiger charge is 2.32. The van der Waals surface area contributed by atoms with Crippen LogP contribution in [-0.4, -0.2) is 73.4 Å². The number of nitrogens with zero attached hydrogens (tertiary/aromatic N) is 2. The Kier molecular flexibility index (Phi) is 9.57. The van der Waals surface area contributed by atoms with E-state index >= 15 is 0 Å². The number of aliphatic imine (C=N–C) groups is 1. The monoisotopic (exact) mass is 538 g/mol. The van der Waals surface area contributed by atoms with E-state index in [4.69, 9.17) is 16.2 Å². The van der Waals surface area contributed by atoms with Gasteiger partial charge < -0.3 is 36.5 Å². The molecule has 0 aliphatic carbocycles. The molecule has 2 aromatic carbocycles. The number of benzene rings is 2. The molecule has 206 valence electrons. The number of nitrogens with one attached hydrogen (secondary N) is 2. The Morgan fingerprint density at radius 3 is 2.36 bits per heavy atom. The van der Waals surface area contributed by atoms with Gasteiger partial charge in [-0.05, 0) is 29.3 Å². The lowest BCUT2D eigenvalue weighted by Gasteiger charge is -2.23. The number of hydrogen-bond acceptors (Lipinski definition) is 8. The minimum atomic E-state index is -1.37. The Labute approximate surface area is 224 Å². The van der Waals surface area contributed by atoms with Crippen molar-refractivity contribution in [3.63, 3.8) is 0 Å². The summed E-state index contributed by atoms with van der Waals surface area (Å²) in [5.74, 6) is -3.47. The Bertz CT molecular complexity index is 1280. The van der Waals surface area contributed by atoms with Crippen molar-refractivity contribution < 1.29 is 33.4 Å². The van der Waals surface area contributed by atoms with Crippen molar-refractivity contribution >= 4 is 41.3 Å². The molecule has 3 rings (SSSR count). The van der Waals surface area contributed by atoms with E-state index in [2.05, 4.69) is 20.4 Å². The maximum absolute atomic E-state index is 13.1. The molecule has 0 fully saturated rings. The van der Waals surface area contributed by atoms with E-state index in [0.29, 0.717) is 16.8 Å². The Morgan fingerprint density at radius 2 is 1.72 bits per heavy atom. The number of nitrogens with two attached hydrogens (primary N) is 2. The van der Waals surface area contributed by atoms with Crippen molar-refractivity contribution in [3.8, 4) is 0 Å². The summed E-state index contributed by atoms with van der Waals surface area (Å²) in [4.78, 5) is 68.3. The number of methoxy groups -OCH3 is 2. The molecule has 0 unspecified atom stereocenters. The van der Waals surface area contributed by atoms with Gasteiger partial charge in [-0.25, -0.2) is 9.79 Å². The zero-order valence-corrected chi connectivity index (χ0v) is 21.5. The lowest BCUT2D eigenvalue weighted by atomic mass is 10.0. The van der Waals surface area contributed by atoms with Crippen LogP contribution >= 0.6 is 0 Å². The molecule has 1 aliphatic rings. The third-order valence-electron chi connectivity index (χ3n) is 5.90. The van der Waals surface area contributed by atoms with Gasteiger partial charge >= 0.3 is 11.9 Å². The number of rotatable bonds is 11. The number of amides is 3. The molecule has 2 aromatic rings. The van der Waals surface area contributed by atoms with Crippen molar-refractivity contribution in [3.05, 3.63) is 65.2 Å². The smallest absolute Gasteiger partial charge is 0.328 e.